The van der Waals surface area contributed by atoms with E-state index >= 15 is 0 Å². The van der Waals surface area contributed by atoms with Crippen molar-refractivity contribution in [2.24, 2.45) is 5.73 Å². The van der Waals surface area contributed by atoms with Crippen molar-refractivity contribution in [3.63, 3.8) is 0 Å². The Morgan fingerprint density at radius 3 is 2.14 bits per heavy atom. The molecule has 0 aliphatic heterocycles. The second kappa shape index (κ2) is 8.95. The van der Waals surface area contributed by atoms with E-state index in [9.17, 15) is 9.59 Å². The zero-order chi connectivity index (χ0) is 17.4. The molecule has 0 aromatic rings. The van der Waals surface area contributed by atoms with E-state index in [1.54, 1.807) is 20.8 Å². The monoisotopic (exact) mass is 317 g/mol. The summed E-state index contributed by atoms with van der Waals surface area (Å²) in [6, 6.07) is -0.813. The summed E-state index contributed by atoms with van der Waals surface area (Å²) < 4.78 is 10.8. The number of carbonyl (C=O) groups excluding carboxylic acids is 2. The van der Waals surface area contributed by atoms with Crippen LogP contribution in [0.15, 0.2) is 0 Å². The van der Waals surface area contributed by atoms with Crippen molar-refractivity contribution in [1.82, 2.24) is 10.6 Å². The highest BCUT2D eigenvalue weighted by atomic mass is 16.6. The number of alkyl carbamates (subject to hydrolysis) is 1. The van der Waals surface area contributed by atoms with Crippen LogP contribution in [0.1, 0.15) is 48.0 Å². The van der Waals surface area contributed by atoms with Gasteiger partial charge in [0, 0.05) is 6.54 Å². The van der Waals surface area contributed by atoms with Gasteiger partial charge in [0.25, 0.3) is 0 Å². The summed E-state index contributed by atoms with van der Waals surface area (Å²) in [4.78, 5) is 24.0. The van der Waals surface area contributed by atoms with Gasteiger partial charge in [-0.1, -0.05) is 0 Å². The fourth-order valence-corrected chi connectivity index (χ4v) is 1.40. The van der Waals surface area contributed by atoms with Gasteiger partial charge in [-0.15, -0.1) is 0 Å². The molecule has 4 N–H and O–H groups in total. The molecular weight excluding hydrogens is 286 g/mol. The summed E-state index contributed by atoms with van der Waals surface area (Å²) in [5.74, 6) is -0.316. The highest BCUT2D eigenvalue weighted by Crippen LogP contribution is 2.09. The molecule has 1 unspecified atom stereocenters. The maximum atomic E-state index is 12.1. The first-order valence-electron chi connectivity index (χ1n) is 7.56. The highest BCUT2D eigenvalue weighted by Gasteiger charge is 2.26. The number of ether oxygens (including phenoxy) is 2. The molecule has 0 saturated heterocycles. The van der Waals surface area contributed by atoms with Gasteiger partial charge in [-0.2, -0.15) is 0 Å². The summed E-state index contributed by atoms with van der Waals surface area (Å²) in [6.07, 6.45) is 0.0226. The molecule has 7 heteroatoms. The van der Waals surface area contributed by atoms with E-state index in [1.165, 1.54) is 0 Å². The molecule has 0 rings (SSSR count). The Kier molecular flexibility index (Phi) is 8.40. The smallest absolute Gasteiger partial charge is 0.408 e. The van der Waals surface area contributed by atoms with E-state index in [4.69, 9.17) is 15.2 Å². The largest absolute Gasteiger partial charge is 0.444 e. The molecule has 2 amide bonds. The first kappa shape index (κ1) is 20.7. The lowest BCUT2D eigenvalue weighted by Crippen LogP contribution is -2.51. The van der Waals surface area contributed by atoms with Crippen molar-refractivity contribution in [1.29, 1.82) is 0 Å². The van der Waals surface area contributed by atoms with Gasteiger partial charge in [-0.05, 0) is 54.5 Å². The van der Waals surface area contributed by atoms with Crippen LogP contribution < -0.4 is 16.4 Å². The fourth-order valence-electron chi connectivity index (χ4n) is 1.40. The van der Waals surface area contributed by atoms with E-state index in [0.29, 0.717) is 19.5 Å². The van der Waals surface area contributed by atoms with Gasteiger partial charge >= 0.3 is 6.09 Å². The SMILES string of the molecule is CC(C)(C)OCC(NC(=O)OC(C)(C)C)C(=O)NCCCN. The Balaban J connectivity index is 4.63. The Hall–Kier alpha value is -1.34. The average Bonchev–Trinajstić information content (AvgIpc) is 2.31. The summed E-state index contributed by atoms with van der Waals surface area (Å²) >= 11 is 0. The molecule has 0 aromatic heterocycles. The highest BCUT2D eigenvalue weighted by molar-refractivity contribution is 5.85. The second-order valence-electron chi connectivity index (χ2n) is 7.06. The molecule has 0 aromatic carbocycles. The summed E-state index contributed by atoms with van der Waals surface area (Å²) in [5, 5.41) is 5.26. The van der Waals surface area contributed by atoms with Crippen molar-refractivity contribution in [3.8, 4) is 0 Å². The molecule has 0 spiro atoms. The first-order valence-corrected chi connectivity index (χ1v) is 7.56. The standard InChI is InChI=1S/C15H31N3O4/c1-14(2,3)21-10-11(12(19)17-9-7-8-16)18-13(20)22-15(4,5)6/h11H,7-10,16H2,1-6H3,(H,17,19)(H,18,20). The van der Waals surface area contributed by atoms with Crippen LogP contribution in [0.2, 0.25) is 0 Å². The molecule has 0 heterocycles. The number of hydrogen-bond donors (Lipinski definition) is 3. The van der Waals surface area contributed by atoms with Crippen molar-refractivity contribution in [2.45, 2.75) is 65.2 Å². The van der Waals surface area contributed by atoms with E-state index < -0.39 is 23.3 Å². The van der Waals surface area contributed by atoms with Gasteiger partial charge in [0.2, 0.25) is 5.91 Å². The van der Waals surface area contributed by atoms with E-state index in [-0.39, 0.29) is 12.5 Å². The number of rotatable bonds is 7. The number of hydrogen-bond acceptors (Lipinski definition) is 5. The van der Waals surface area contributed by atoms with Gasteiger partial charge < -0.3 is 25.8 Å². The Bertz CT molecular complexity index is 359. The van der Waals surface area contributed by atoms with Crippen LogP contribution in [0.5, 0.6) is 0 Å². The molecule has 22 heavy (non-hydrogen) atoms. The number of carbonyl (C=O) groups is 2. The average molecular weight is 317 g/mol. The third kappa shape index (κ3) is 11.3. The Labute approximate surface area is 133 Å². The zero-order valence-electron chi connectivity index (χ0n) is 14.6. The quantitative estimate of drug-likeness (QED) is 0.611. The zero-order valence-corrected chi connectivity index (χ0v) is 14.6. The van der Waals surface area contributed by atoms with Gasteiger partial charge in [0.05, 0.1) is 12.2 Å². The van der Waals surface area contributed by atoms with E-state index in [1.807, 2.05) is 20.8 Å². The molecule has 130 valence electrons. The predicted octanol–water partition coefficient (Wildman–Crippen LogP) is 1.16. The van der Waals surface area contributed by atoms with Crippen LogP contribution in [-0.2, 0) is 14.3 Å². The normalized spacial score (nSPS) is 13.4. The van der Waals surface area contributed by atoms with E-state index in [2.05, 4.69) is 10.6 Å². The lowest BCUT2D eigenvalue weighted by atomic mass is 10.2. The second-order valence-corrected chi connectivity index (χ2v) is 7.06. The Morgan fingerprint density at radius 2 is 1.68 bits per heavy atom. The van der Waals surface area contributed by atoms with Crippen molar-refractivity contribution < 1.29 is 19.1 Å². The van der Waals surface area contributed by atoms with Gasteiger partial charge in [0.15, 0.2) is 0 Å². The lowest BCUT2D eigenvalue weighted by molar-refractivity contribution is -0.126. The topological polar surface area (TPSA) is 103 Å². The third-order valence-corrected chi connectivity index (χ3v) is 2.37. The molecule has 7 nitrogen and oxygen atoms in total. The summed E-state index contributed by atoms with van der Waals surface area (Å²) in [5.41, 5.74) is 4.35. The molecular formula is C15H31N3O4. The van der Waals surface area contributed by atoms with Crippen LogP contribution >= 0.6 is 0 Å². The number of nitrogens with one attached hydrogen (secondary N) is 2. The fraction of sp³-hybridized carbons (Fsp3) is 0.867. The predicted molar refractivity (Wildman–Crippen MR) is 85.5 cm³/mol. The molecule has 1 atom stereocenters. The maximum absolute atomic E-state index is 12.1. The minimum Gasteiger partial charge on any atom is -0.444 e. The van der Waals surface area contributed by atoms with Crippen molar-refractivity contribution in [2.75, 3.05) is 19.7 Å². The summed E-state index contributed by atoms with van der Waals surface area (Å²) in [7, 11) is 0. The number of nitrogens with two attached hydrogens (primary N) is 1. The molecule has 0 aliphatic rings. The molecule has 0 bridgehead atoms. The first-order chi connectivity index (χ1) is 9.94. The van der Waals surface area contributed by atoms with Crippen LogP contribution in [-0.4, -0.2) is 48.9 Å². The molecule has 0 saturated carbocycles. The van der Waals surface area contributed by atoms with E-state index in [0.717, 1.165) is 0 Å². The van der Waals surface area contributed by atoms with Crippen molar-refractivity contribution in [3.05, 3.63) is 0 Å². The van der Waals surface area contributed by atoms with Gasteiger partial charge in [0.1, 0.15) is 11.6 Å². The van der Waals surface area contributed by atoms with Crippen LogP contribution in [0, 0.1) is 0 Å². The van der Waals surface area contributed by atoms with Gasteiger partial charge in [-0.25, -0.2) is 4.79 Å². The maximum Gasteiger partial charge on any atom is 0.408 e. The van der Waals surface area contributed by atoms with Crippen LogP contribution in [0.3, 0.4) is 0 Å². The van der Waals surface area contributed by atoms with Gasteiger partial charge in [-0.3, -0.25) is 4.79 Å². The minimum atomic E-state index is -0.813. The Morgan fingerprint density at radius 1 is 1.09 bits per heavy atom. The molecule has 0 aliphatic carbocycles. The minimum absolute atomic E-state index is 0.0667. The van der Waals surface area contributed by atoms with Crippen molar-refractivity contribution >= 4 is 12.0 Å². The van der Waals surface area contributed by atoms with Crippen LogP contribution in [0.25, 0.3) is 0 Å². The lowest BCUT2D eigenvalue weighted by Gasteiger charge is -2.26. The van der Waals surface area contributed by atoms with Crippen LogP contribution in [0.4, 0.5) is 4.79 Å². The summed E-state index contributed by atoms with van der Waals surface area (Å²) in [6.45, 7) is 11.9. The molecule has 0 fully saturated rings. The number of amides is 2. The molecule has 0 radical (unpaired) electrons. The third-order valence-electron chi connectivity index (χ3n) is 2.37.